The number of benzene rings is 1. The van der Waals surface area contributed by atoms with Crippen molar-refractivity contribution in [3.05, 3.63) is 33.8 Å². The summed E-state index contributed by atoms with van der Waals surface area (Å²) in [5.74, 6) is 2.28. The Morgan fingerprint density at radius 3 is 2.81 bits per heavy atom. The maximum Gasteiger partial charge on any atom is 0.0451 e. The summed E-state index contributed by atoms with van der Waals surface area (Å²) in [4.78, 5) is 0. The summed E-state index contributed by atoms with van der Waals surface area (Å²) in [6.45, 7) is 5.12. The lowest BCUT2D eigenvalue weighted by Gasteiger charge is -2.13. The molecule has 1 unspecified atom stereocenters. The fourth-order valence-corrected chi connectivity index (χ4v) is 2.40. The molecule has 0 aliphatic carbocycles. The fraction of sp³-hybridized carbons (Fsp3) is 0.500. The molecule has 0 saturated carbocycles. The Morgan fingerprint density at radius 2 is 2.12 bits per heavy atom. The lowest BCUT2D eigenvalue weighted by atomic mass is 10.2. The SMILES string of the molecule is CCSCC(C)NCc1cc(Cl)ccc1Cl. The number of hydrogen-bond acceptors (Lipinski definition) is 2. The second-order valence-electron chi connectivity index (χ2n) is 3.68. The van der Waals surface area contributed by atoms with Crippen LogP contribution in [0.1, 0.15) is 19.4 Å². The van der Waals surface area contributed by atoms with Crippen LogP contribution < -0.4 is 5.32 Å². The second kappa shape index (κ2) is 7.44. The molecule has 1 aromatic carbocycles. The molecule has 16 heavy (non-hydrogen) atoms. The minimum absolute atomic E-state index is 0.486. The van der Waals surface area contributed by atoms with Crippen LogP contribution in [-0.2, 0) is 6.54 Å². The summed E-state index contributed by atoms with van der Waals surface area (Å²) in [5.41, 5.74) is 1.06. The Labute approximate surface area is 112 Å². The minimum Gasteiger partial charge on any atom is -0.309 e. The van der Waals surface area contributed by atoms with Crippen LogP contribution in [0.2, 0.25) is 10.0 Å². The quantitative estimate of drug-likeness (QED) is 0.836. The van der Waals surface area contributed by atoms with Crippen molar-refractivity contribution in [3.8, 4) is 0 Å². The highest BCUT2D eigenvalue weighted by atomic mass is 35.5. The molecule has 0 amide bonds. The van der Waals surface area contributed by atoms with Gasteiger partial charge in [-0.1, -0.05) is 30.1 Å². The molecule has 0 heterocycles. The van der Waals surface area contributed by atoms with Gasteiger partial charge < -0.3 is 5.32 Å². The Kier molecular flexibility index (Phi) is 6.59. The molecule has 0 aromatic heterocycles. The van der Waals surface area contributed by atoms with Crippen LogP contribution in [0.4, 0.5) is 0 Å². The first-order valence-electron chi connectivity index (χ1n) is 5.38. The summed E-state index contributed by atoms with van der Waals surface area (Å²) in [6.07, 6.45) is 0. The maximum atomic E-state index is 6.08. The van der Waals surface area contributed by atoms with Gasteiger partial charge in [-0.3, -0.25) is 0 Å². The molecule has 0 aliphatic heterocycles. The van der Waals surface area contributed by atoms with Crippen molar-refractivity contribution >= 4 is 35.0 Å². The number of thioether (sulfide) groups is 1. The largest absolute Gasteiger partial charge is 0.309 e. The van der Waals surface area contributed by atoms with Crippen molar-refractivity contribution in [1.82, 2.24) is 5.32 Å². The van der Waals surface area contributed by atoms with Gasteiger partial charge in [-0.05, 0) is 36.4 Å². The van der Waals surface area contributed by atoms with Gasteiger partial charge in [0.2, 0.25) is 0 Å². The predicted octanol–water partition coefficient (Wildman–Crippen LogP) is 4.22. The van der Waals surface area contributed by atoms with E-state index in [0.717, 1.165) is 33.7 Å². The van der Waals surface area contributed by atoms with Crippen molar-refractivity contribution in [2.45, 2.75) is 26.4 Å². The van der Waals surface area contributed by atoms with E-state index in [1.54, 1.807) is 0 Å². The molecule has 90 valence electrons. The van der Waals surface area contributed by atoms with E-state index in [4.69, 9.17) is 23.2 Å². The number of nitrogens with one attached hydrogen (secondary N) is 1. The minimum atomic E-state index is 0.486. The first-order chi connectivity index (χ1) is 7.63. The standard InChI is InChI=1S/C12H17Cl2NS/c1-3-16-8-9(2)15-7-10-6-11(13)4-5-12(10)14/h4-6,9,15H,3,7-8H2,1-2H3. The lowest BCUT2D eigenvalue weighted by Crippen LogP contribution is -2.27. The zero-order valence-electron chi connectivity index (χ0n) is 9.59. The highest BCUT2D eigenvalue weighted by Crippen LogP contribution is 2.20. The van der Waals surface area contributed by atoms with Crippen LogP contribution in [0.25, 0.3) is 0 Å². The molecule has 0 radical (unpaired) electrons. The van der Waals surface area contributed by atoms with Crippen molar-refractivity contribution in [2.24, 2.45) is 0 Å². The van der Waals surface area contributed by atoms with Gasteiger partial charge in [0.1, 0.15) is 0 Å². The van der Waals surface area contributed by atoms with E-state index in [9.17, 15) is 0 Å². The zero-order chi connectivity index (χ0) is 12.0. The summed E-state index contributed by atoms with van der Waals surface area (Å²) >= 11 is 13.9. The molecule has 1 atom stereocenters. The molecule has 0 bridgehead atoms. The van der Waals surface area contributed by atoms with E-state index < -0.39 is 0 Å². The van der Waals surface area contributed by atoms with Gasteiger partial charge >= 0.3 is 0 Å². The molecule has 1 N–H and O–H groups in total. The van der Waals surface area contributed by atoms with Gasteiger partial charge in [0.25, 0.3) is 0 Å². The molecule has 0 fully saturated rings. The summed E-state index contributed by atoms with van der Waals surface area (Å²) in [7, 11) is 0. The number of hydrogen-bond donors (Lipinski definition) is 1. The van der Waals surface area contributed by atoms with Crippen LogP contribution in [-0.4, -0.2) is 17.5 Å². The van der Waals surface area contributed by atoms with E-state index in [1.807, 2.05) is 30.0 Å². The first-order valence-corrected chi connectivity index (χ1v) is 7.29. The Bertz CT molecular complexity index is 331. The van der Waals surface area contributed by atoms with Gasteiger partial charge in [0.15, 0.2) is 0 Å². The summed E-state index contributed by atoms with van der Waals surface area (Å²) in [6, 6.07) is 6.05. The van der Waals surface area contributed by atoms with Gasteiger partial charge in [0.05, 0.1) is 0 Å². The van der Waals surface area contributed by atoms with Gasteiger partial charge in [-0.2, -0.15) is 11.8 Å². The first kappa shape index (κ1) is 14.2. The summed E-state index contributed by atoms with van der Waals surface area (Å²) in [5, 5.41) is 4.94. The van der Waals surface area contributed by atoms with E-state index in [0.29, 0.717) is 6.04 Å². The van der Waals surface area contributed by atoms with Crippen molar-refractivity contribution in [1.29, 1.82) is 0 Å². The smallest absolute Gasteiger partial charge is 0.0451 e. The molecule has 0 spiro atoms. The van der Waals surface area contributed by atoms with Gasteiger partial charge in [0, 0.05) is 28.4 Å². The number of rotatable bonds is 6. The number of halogens is 2. The molecule has 0 saturated heterocycles. The molecule has 1 aromatic rings. The Morgan fingerprint density at radius 1 is 1.38 bits per heavy atom. The van der Waals surface area contributed by atoms with Crippen LogP contribution >= 0.6 is 35.0 Å². The van der Waals surface area contributed by atoms with E-state index in [1.165, 1.54) is 0 Å². The molecule has 1 nitrogen and oxygen atoms in total. The van der Waals surface area contributed by atoms with Crippen LogP contribution in [0.15, 0.2) is 18.2 Å². The van der Waals surface area contributed by atoms with Crippen LogP contribution in [0.5, 0.6) is 0 Å². The molecule has 4 heteroatoms. The van der Waals surface area contributed by atoms with Crippen molar-refractivity contribution < 1.29 is 0 Å². The van der Waals surface area contributed by atoms with E-state index in [2.05, 4.69) is 19.2 Å². The third kappa shape index (κ3) is 4.96. The van der Waals surface area contributed by atoms with Crippen molar-refractivity contribution in [2.75, 3.05) is 11.5 Å². The molecule has 0 aliphatic rings. The molecular formula is C12H17Cl2NS. The average molecular weight is 278 g/mol. The van der Waals surface area contributed by atoms with Crippen molar-refractivity contribution in [3.63, 3.8) is 0 Å². The lowest BCUT2D eigenvalue weighted by molar-refractivity contribution is 0.596. The summed E-state index contributed by atoms with van der Waals surface area (Å²) < 4.78 is 0. The normalized spacial score (nSPS) is 12.8. The topological polar surface area (TPSA) is 12.0 Å². The zero-order valence-corrected chi connectivity index (χ0v) is 11.9. The van der Waals surface area contributed by atoms with Gasteiger partial charge in [-0.25, -0.2) is 0 Å². The second-order valence-corrected chi connectivity index (χ2v) is 5.84. The van der Waals surface area contributed by atoms with Crippen LogP contribution in [0, 0.1) is 0 Å². The third-order valence-electron chi connectivity index (χ3n) is 2.22. The van der Waals surface area contributed by atoms with Crippen LogP contribution in [0.3, 0.4) is 0 Å². The maximum absolute atomic E-state index is 6.08. The highest BCUT2D eigenvalue weighted by molar-refractivity contribution is 7.99. The Balaban J connectivity index is 2.44. The molecular weight excluding hydrogens is 261 g/mol. The van der Waals surface area contributed by atoms with E-state index >= 15 is 0 Å². The fourth-order valence-electron chi connectivity index (χ4n) is 1.32. The average Bonchev–Trinajstić information content (AvgIpc) is 2.27. The Hall–Kier alpha value is 0.110. The highest BCUT2D eigenvalue weighted by Gasteiger charge is 2.04. The van der Waals surface area contributed by atoms with E-state index in [-0.39, 0.29) is 0 Å². The molecule has 1 rings (SSSR count). The monoisotopic (exact) mass is 277 g/mol. The predicted molar refractivity (Wildman–Crippen MR) is 75.8 cm³/mol. The van der Waals surface area contributed by atoms with Gasteiger partial charge in [-0.15, -0.1) is 0 Å². The third-order valence-corrected chi connectivity index (χ3v) is 3.97.